The maximum Gasteiger partial charge on any atom is 0.441 e. The molecule has 0 spiro atoms. The molecule has 186 valence electrons. The topological polar surface area (TPSA) is 145 Å². The molecule has 2 unspecified atom stereocenters. The van der Waals surface area contributed by atoms with Crippen LogP contribution in [0.5, 0.6) is 0 Å². The second-order valence-corrected chi connectivity index (χ2v) is 12.6. The number of aromatic nitrogens is 1. The standard InChI is InChI=1S/C23H31N3O7S/c1-22(2,3)10-15(20(28)25-18-16(27)11-32-23(18,4)5)24-19-14-9-7-8-13(12-34(6,30)31)17(14)33-21(29)26-19/h7-9,15,18H,10-12H2,1-6H3,(H,25,28)(H,24,26,29). The van der Waals surface area contributed by atoms with Gasteiger partial charge in [0.05, 0.1) is 16.7 Å². The van der Waals surface area contributed by atoms with Crippen LogP contribution in [0.25, 0.3) is 11.0 Å². The van der Waals surface area contributed by atoms with Crippen LogP contribution in [0.15, 0.2) is 27.4 Å². The van der Waals surface area contributed by atoms with E-state index in [4.69, 9.17) is 9.15 Å². The number of Topliss-reactive ketones (excluding diaryl/α,β-unsaturated/α-hetero) is 1. The van der Waals surface area contributed by atoms with Crippen LogP contribution >= 0.6 is 0 Å². The van der Waals surface area contributed by atoms with Crippen molar-refractivity contribution in [1.82, 2.24) is 10.3 Å². The Morgan fingerprint density at radius 3 is 2.50 bits per heavy atom. The lowest BCUT2D eigenvalue weighted by Crippen LogP contribution is -2.54. The molecule has 10 nitrogen and oxygen atoms in total. The van der Waals surface area contributed by atoms with Crippen molar-refractivity contribution >= 4 is 38.3 Å². The predicted molar refractivity (Wildman–Crippen MR) is 127 cm³/mol. The fourth-order valence-corrected chi connectivity index (χ4v) is 4.75. The van der Waals surface area contributed by atoms with Crippen molar-refractivity contribution in [2.24, 2.45) is 5.41 Å². The van der Waals surface area contributed by atoms with E-state index in [1.165, 1.54) is 0 Å². The molecule has 1 fully saturated rings. The number of carbonyl (C=O) groups is 2. The Morgan fingerprint density at radius 1 is 1.26 bits per heavy atom. The minimum absolute atomic E-state index is 0.0790. The van der Waals surface area contributed by atoms with Crippen molar-refractivity contribution in [1.29, 1.82) is 0 Å². The zero-order valence-corrected chi connectivity index (χ0v) is 21.0. The highest BCUT2D eigenvalue weighted by molar-refractivity contribution is 7.89. The maximum absolute atomic E-state index is 13.3. The van der Waals surface area contributed by atoms with Gasteiger partial charge in [0.1, 0.15) is 30.1 Å². The number of ketones is 1. The second kappa shape index (κ2) is 9.10. The van der Waals surface area contributed by atoms with E-state index in [0.717, 1.165) is 6.26 Å². The van der Waals surface area contributed by atoms with E-state index in [1.54, 1.807) is 32.0 Å². The van der Waals surface area contributed by atoms with Gasteiger partial charge in [-0.1, -0.05) is 32.9 Å². The van der Waals surface area contributed by atoms with Crippen LogP contribution < -0.4 is 16.4 Å². The molecule has 2 aromatic rings. The van der Waals surface area contributed by atoms with Gasteiger partial charge in [0.2, 0.25) is 5.91 Å². The third-order valence-corrected chi connectivity index (χ3v) is 6.33. The van der Waals surface area contributed by atoms with Gasteiger partial charge < -0.3 is 19.8 Å². The number of sulfone groups is 1. The zero-order chi connectivity index (χ0) is 25.5. The Kier molecular flexibility index (Phi) is 6.92. The number of nitrogens with zero attached hydrogens (tertiary/aromatic N) is 1. The van der Waals surface area contributed by atoms with Gasteiger partial charge in [0.15, 0.2) is 15.6 Å². The number of benzene rings is 1. The van der Waals surface area contributed by atoms with Crippen molar-refractivity contribution in [2.75, 3.05) is 18.2 Å². The van der Waals surface area contributed by atoms with Crippen molar-refractivity contribution in [3.63, 3.8) is 0 Å². The molecule has 1 aliphatic rings. The SMILES string of the molecule is CC(C)(C)CC(Nc1nc(=O)oc2c(CS(C)(=O)=O)cccc12)C(=O)NC1C(=O)COC1(C)C. The van der Waals surface area contributed by atoms with Gasteiger partial charge in [-0.15, -0.1) is 0 Å². The van der Waals surface area contributed by atoms with E-state index >= 15 is 0 Å². The maximum atomic E-state index is 13.3. The fourth-order valence-electron chi connectivity index (χ4n) is 3.95. The summed E-state index contributed by atoms with van der Waals surface area (Å²) in [6.07, 6.45) is 1.44. The second-order valence-electron chi connectivity index (χ2n) is 10.5. The molecule has 11 heteroatoms. The molecule has 1 amide bonds. The molecule has 0 aliphatic carbocycles. The highest BCUT2D eigenvalue weighted by Gasteiger charge is 2.44. The molecule has 1 aromatic heterocycles. The third kappa shape index (κ3) is 6.20. The van der Waals surface area contributed by atoms with Crippen molar-refractivity contribution in [3.8, 4) is 0 Å². The minimum atomic E-state index is -3.40. The average molecular weight is 494 g/mol. The molecule has 0 bridgehead atoms. The number of fused-ring (bicyclic) bond motifs is 1. The van der Waals surface area contributed by atoms with Gasteiger partial charge in [-0.05, 0) is 31.7 Å². The van der Waals surface area contributed by atoms with E-state index < -0.39 is 39.2 Å². The summed E-state index contributed by atoms with van der Waals surface area (Å²) in [5.74, 6) is -1.81. The first-order valence-corrected chi connectivity index (χ1v) is 13.0. The molecule has 0 radical (unpaired) electrons. The summed E-state index contributed by atoms with van der Waals surface area (Å²) < 4.78 is 34.4. The molecule has 0 saturated carbocycles. The van der Waals surface area contributed by atoms with Crippen LogP contribution in [0.4, 0.5) is 5.82 Å². The number of anilines is 1. The fraction of sp³-hybridized carbons (Fsp3) is 0.565. The predicted octanol–water partition coefficient (Wildman–Crippen LogP) is 1.81. The van der Waals surface area contributed by atoms with Crippen LogP contribution in [0, 0.1) is 5.41 Å². The molecule has 2 N–H and O–H groups in total. The lowest BCUT2D eigenvalue weighted by atomic mass is 9.87. The smallest absolute Gasteiger partial charge is 0.408 e. The van der Waals surface area contributed by atoms with E-state index in [-0.39, 0.29) is 35.0 Å². The van der Waals surface area contributed by atoms with E-state index in [2.05, 4.69) is 15.6 Å². The normalized spacial score (nSPS) is 19.2. The Labute approximate surface area is 198 Å². The number of carbonyl (C=O) groups excluding carboxylic acids is 2. The van der Waals surface area contributed by atoms with Crippen molar-refractivity contribution < 1.29 is 27.2 Å². The van der Waals surface area contributed by atoms with Gasteiger partial charge in [-0.25, -0.2) is 13.2 Å². The molecule has 34 heavy (non-hydrogen) atoms. The molecular formula is C23H31N3O7S. The molecule has 1 aromatic carbocycles. The first-order chi connectivity index (χ1) is 15.6. The first kappa shape index (κ1) is 25.8. The number of hydrogen-bond donors (Lipinski definition) is 2. The molecule has 2 heterocycles. The van der Waals surface area contributed by atoms with Crippen LogP contribution in [0.3, 0.4) is 0 Å². The monoisotopic (exact) mass is 493 g/mol. The Bertz CT molecular complexity index is 1280. The zero-order valence-electron chi connectivity index (χ0n) is 20.2. The van der Waals surface area contributed by atoms with Crippen LogP contribution in [-0.2, 0) is 29.9 Å². The number of amides is 1. The minimum Gasteiger partial charge on any atom is -0.408 e. The molecule has 1 saturated heterocycles. The van der Waals surface area contributed by atoms with Gasteiger partial charge in [0.25, 0.3) is 0 Å². The average Bonchev–Trinajstić information content (AvgIpc) is 2.92. The van der Waals surface area contributed by atoms with Crippen molar-refractivity contribution in [3.05, 3.63) is 34.3 Å². The van der Waals surface area contributed by atoms with Crippen LogP contribution in [-0.4, -0.2) is 55.6 Å². The van der Waals surface area contributed by atoms with E-state index in [9.17, 15) is 22.8 Å². The van der Waals surface area contributed by atoms with E-state index in [1.807, 2.05) is 20.8 Å². The Hall–Kier alpha value is -2.79. The van der Waals surface area contributed by atoms with Crippen LogP contribution in [0.2, 0.25) is 0 Å². The Balaban J connectivity index is 2.00. The quantitative estimate of drug-likeness (QED) is 0.590. The summed E-state index contributed by atoms with van der Waals surface area (Å²) in [6.45, 7) is 9.25. The lowest BCUT2D eigenvalue weighted by molar-refractivity contribution is -0.127. The van der Waals surface area contributed by atoms with Gasteiger partial charge in [-0.2, -0.15) is 4.98 Å². The number of nitrogens with one attached hydrogen (secondary N) is 2. The lowest BCUT2D eigenvalue weighted by Gasteiger charge is -2.30. The number of hydrogen-bond acceptors (Lipinski definition) is 9. The molecule has 3 rings (SSSR count). The van der Waals surface area contributed by atoms with Gasteiger partial charge >= 0.3 is 5.76 Å². The number of ether oxygens (including phenoxy) is 1. The molecule has 2 atom stereocenters. The highest BCUT2D eigenvalue weighted by Crippen LogP contribution is 2.28. The summed E-state index contributed by atoms with van der Waals surface area (Å²) >= 11 is 0. The Morgan fingerprint density at radius 2 is 1.94 bits per heavy atom. The van der Waals surface area contributed by atoms with Crippen LogP contribution in [0.1, 0.15) is 46.6 Å². The first-order valence-electron chi connectivity index (χ1n) is 10.9. The molecular weight excluding hydrogens is 462 g/mol. The third-order valence-electron chi connectivity index (χ3n) is 5.50. The summed E-state index contributed by atoms with van der Waals surface area (Å²) in [7, 11) is -3.40. The summed E-state index contributed by atoms with van der Waals surface area (Å²) in [4.78, 5) is 41.7. The van der Waals surface area contributed by atoms with Gasteiger partial charge in [-0.3, -0.25) is 9.59 Å². The van der Waals surface area contributed by atoms with Gasteiger partial charge in [0, 0.05) is 11.8 Å². The highest BCUT2D eigenvalue weighted by atomic mass is 32.2. The largest absolute Gasteiger partial charge is 0.441 e. The summed E-state index contributed by atoms with van der Waals surface area (Å²) in [5, 5.41) is 6.19. The van der Waals surface area contributed by atoms with E-state index in [0.29, 0.717) is 17.4 Å². The summed E-state index contributed by atoms with van der Waals surface area (Å²) in [5.41, 5.74) is -0.740. The van der Waals surface area contributed by atoms with Crippen molar-refractivity contribution in [2.45, 2.75) is 64.5 Å². The number of para-hydroxylation sites is 1. The summed E-state index contributed by atoms with van der Waals surface area (Å²) in [6, 6.07) is 3.16. The molecule has 1 aliphatic heterocycles. The number of rotatable bonds is 7.